The monoisotopic (exact) mass is 345 g/mol. The Hall–Kier alpha value is -2.56. The number of rotatable bonds is 8. The number of hydrogen-bond acceptors (Lipinski definition) is 3. The van der Waals surface area contributed by atoms with E-state index >= 15 is 0 Å². The smallest absolute Gasteiger partial charge is 0.261 e. The van der Waals surface area contributed by atoms with E-state index in [1.807, 2.05) is 39.0 Å². The molecule has 1 amide bonds. The van der Waals surface area contributed by atoms with Gasteiger partial charge in [0, 0.05) is 0 Å². The van der Waals surface area contributed by atoms with Gasteiger partial charge in [-0.15, -0.1) is 0 Å². The number of nitrogens with one attached hydrogen (secondary N) is 1. The van der Waals surface area contributed by atoms with Crippen molar-refractivity contribution in [2.24, 2.45) is 0 Å². The zero-order valence-electron chi connectivity index (χ0n) is 14.8. The third-order valence-electron chi connectivity index (χ3n) is 3.77. The van der Waals surface area contributed by atoms with Crippen molar-refractivity contribution in [1.29, 1.82) is 0 Å². The normalized spacial score (nSPS) is 11.7. The molecule has 0 aromatic heterocycles. The molecule has 1 atom stereocenters. The van der Waals surface area contributed by atoms with Crippen molar-refractivity contribution in [1.82, 2.24) is 5.32 Å². The van der Waals surface area contributed by atoms with Crippen molar-refractivity contribution in [2.45, 2.75) is 33.3 Å². The molecule has 0 aliphatic heterocycles. The Balaban J connectivity index is 1.82. The van der Waals surface area contributed by atoms with Crippen LogP contribution in [0.2, 0.25) is 0 Å². The first-order valence-electron chi connectivity index (χ1n) is 8.40. The second-order valence-corrected chi connectivity index (χ2v) is 5.85. The standard InChI is InChI=1S/C20H24FNO3/c1-4-17(25-18-8-6-5-7-16(18)21)20(23)22-11-12-24-19-13-14(2)9-10-15(19)3/h5-10,13,17H,4,11-12H2,1-3H3,(H,22,23). The maximum atomic E-state index is 13.6. The van der Waals surface area contributed by atoms with Gasteiger partial charge in [-0.2, -0.15) is 0 Å². The number of benzene rings is 2. The van der Waals surface area contributed by atoms with Crippen molar-refractivity contribution in [3.8, 4) is 11.5 Å². The highest BCUT2D eigenvalue weighted by molar-refractivity contribution is 5.81. The SMILES string of the molecule is CCC(Oc1ccccc1F)C(=O)NCCOc1cc(C)ccc1C. The van der Waals surface area contributed by atoms with E-state index in [4.69, 9.17) is 9.47 Å². The number of carbonyl (C=O) groups is 1. The Morgan fingerprint density at radius 1 is 1.16 bits per heavy atom. The topological polar surface area (TPSA) is 47.6 Å². The van der Waals surface area contributed by atoms with Gasteiger partial charge in [0.05, 0.1) is 6.54 Å². The van der Waals surface area contributed by atoms with Crippen LogP contribution in [-0.4, -0.2) is 25.2 Å². The van der Waals surface area contributed by atoms with Gasteiger partial charge in [0.25, 0.3) is 5.91 Å². The summed E-state index contributed by atoms with van der Waals surface area (Å²) in [6.07, 6.45) is -0.296. The Kier molecular flexibility index (Phi) is 6.81. The number of ether oxygens (including phenoxy) is 2. The average Bonchev–Trinajstić information content (AvgIpc) is 2.60. The van der Waals surface area contributed by atoms with Gasteiger partial charge in [0.1, 0.15) is 12.4 Å². The molecule has 0 radical (unpaired) electrons. The molecule has 0 saturated heterocycles. The molecule has 0 bridgehead atoms. The van der Waals surface area contributed by atoms with Crippen molar-refractivity contribution >= 4 is 5.91 Å². The van der Waals surface area contributed by atoms with Gasteiger partial charge in [-0.1, -0.05) is 31.2 Å². The van der Waals surface area contributed by atoms with Crippen LogP contribution in [0.5, 0.6) is 11.5 Å². The van der Waals surface area contributed by atoms with E-state index in [1.165, 1.54) is 12.1 Å². The fourth-order valence-electron chi connectivity index (χ4n) is 2.33. The van der Waals surface area contributed by atoms with Gasteiger partial charge in [0.15, 0.2) is 17.7 Å². The van der Waals surface area contributed by atoms with E-state index in [0.29, 0.717) is 19.6 Å². The molecule has 0 aliphatic carbocycles. The molecule has 0 spiro atoms. The van der Waals surface area contributed by atoms with Crippen LogP contribution in [0.15, 0.2) is 42.5 Å². The molecular weight excluding hydrogens is 321 g/mol. The Morgan fingerprint density at radius 2 is 1.92 bits per heavy atom. The predicted octanol–water partition coefficient (Wildman–Crippen LogP) is 3.80. The molecule has 0 fully saturated rings. The van der Waals surface area contributed by atoms with E-state index in [0.717, 1.165) is 16.9 Å². The molecule has 4 nitrogen and oxygen atoms in total. The van der Waals surface area contributed by atoms with Gasteiger partial charge >= 0.3 is 0 Å². The summed E-state index contributed by atoms with van der Waals surface area (Å²) >= 11 is 0. The van der Waals surface area contributed by atoms with Crippen molar-refractivity contribution < 1.29 is 18.7 Å². The van der Waals surface area contributed by atoms with E-state index in [-0.39, 0.29) is 11.7 Å². The first-order valence-corrected chi connectivity index (χ1v) is 8.40. The maximum absolute atomic E-state index is 13.6. The molecule has 2 aromatic rings. The van der Waals surface area contributed by atoms with Crippen LogP contribution in [0.3, 0.4) is 0 Å². The largest absolute Gasteiger partial charge is 0.491 e. The fraction of sp³-hybridized carbons (Fsp3) is 0.350. The highest BCUT2D eigenvalue weighted by Gasteiger charge is 2.19. The summed E-state index contributed by atoms with van der Waals surface area (Å²) in [5.41, 5.74) is 2.17. The third kappa shape index (κ3) is 5.48. The highest BCUT2D eigenvalue weighted by atomic mass is 19.1. The lowest BCUT2D eigenvalue weighted by Gasteiger charge is -2.18. The second kappa shape index (κ2) is 9.06. The molecule has 1 unspecified atom stereocenters. The van der Waals surface area contributed by atoms with Crippen LogP contribution in [0.25, 0.3) is 0 Å². The zero-order chi connectivity index (χ0) is 18.2. The Morgan fingerprint density at radius 3 is 2.64 bits per heavy atom. The second-order valence-electron chi connectivity index (χ2n) is 5.85. The van der Waals surface area contributed by atoms with Crippen LogP contribution in [-0.2, 0) is 4.79 Å². The lowest BCUT2D eigenvalue weighted by Crippen LogP contribution is -2.40. The Bertz CT molecular complexity index is 718. The molecule has 1 N–H and O–H groups in total. The number of halogens is 1. The third-order valence-corrected chi connectivity index (χ3v) is 3.77. The van der Waals surface area contributed by atoms with E-state index < -0.39 is 11.9 Å². The maximum Gasteiger partial charge on any atom is 0.261 e. The summed E-state index contributed by atoms with van der Waals surface area (Å²) in [7, 11) is 0. The minimum Gasteiger partial charge on any atom is -0.491 e. The summed E-state index contributed by atoms with van der Waals surface area (Å²) in [4.78, 5) is 12.2. The predicted molar refractivity (Wildman–Crippen MR) is 95.5 cm³/mol. The van der Waals surface area contributed by atoms with Crippen LogP contribution >= 0.6 is 0 Å². The molecule has 25 heavy (non-hydrogen) atoms. The Labute approximate surface area is 148 Å². The fourth-order valence-corrected chi connectivity index (χ4v) is 2.33. The molecule has 0 aliphatic rings. The van der Waals surface area contributed by atoms with E-state index in [9.17, 15) is 9.18 Å². The number of carbonyl (C=O) groups excluding carboxylic acids is 1. The van der Waals surface area contributed by atoms with Gasteiger partial charge in [-0.05, 0) is 49.6 Å². The summed E-state index contributed by atoms with van der Waals surface area (Å²) in [6.45, 7) is 6.50. The van der Waals surface area contributed by atoms with Gasteiger partial charge in [-0.25, -0.2) is 4.39 Å². The average molecular weight is 345 g/mol. The van der Waals surface area contributed by atoms with Crippen LogP contribution in [0.4, 0.5) is 4.39 Å². The first-order chi connectivity index (χ1) is 12.0. The summed E-state index contributed by atoms with van der Waals surface area (Å²) in [6, 6.07) is 12.0. The molecule has 2 rings (SSSR count). The minimum atomic E-state index is -0.738. The number of hydrogen-bond donors (Lipinski definition) is 1. The quantitative estimate of drug-likeness (QED) is 0.741. The number of para-hydroxylation sites is 1. The van der Waals surface area contributed by atoms with Crippen molar-refractivity contribution in [2.75, 3.05) is 13.2 Å². The van der Waals surface area contributed by atoms with Gasteiger partial charge in [-0.3, -0.25) is 4.79 Å². The summed E-state index contributed by atoms with van der Waals surface area (Å²) in [5, 5.41) is 2.77. The molecule has 2 aromatic carbocycles. The van der Waals surface area contributed by atoms with Gasteiger partial charge in [0.2, 0.25) is 0 Å². The molecular formula is C20H24FNO3. The minimum absolute atomic E-state index is 0.0798. The lowest BCUT2D eigenvalue weighted by molar-refractivity contribution is -0.128. The van der Waals surface area contributed by atoms with E-state index in [2.05, 4.69) is 5.32 Å². The number of aryl methyl sites for hydroxylation is 2. The van der Waals surface area contributed by atoms with Crippen LogP contribution in [0.1, 0.15) is 24.5 Å². The molecule has 5 heteroatoms. The lowest BCUT2D eigenvalue weighted by atomic mass is 10.1. The van der Waals surface area contributed by atoms with Crippen molar-refractivity contribution in [3.63, 3.8) is 0 Å². The van der Waals surface area contributed by atoms with Crippen LogP contribution < -0.4 is 14.8 Å². The zero-order valence-corrected chi connectivity index (χ0v) is 14.8. The van der Waals surface area contributed by atoms with E-state index in [1.54, 1.807) is 12.1 Å². The van der Waals surface area contributed by atoms with Gasteiger partial charge < -0.3 is 14.8 Å². The molecule has 134 valence electrons. The summed E-state index contributed by atoms with van der Waals surface area (Å²) in [5.74, 6) is 0.127. The van der Waals surface area contributed by atoms with Crippen molar-refractivity contribution in [3.05, 3.63) is 59.4 Å². The summed E-state index contributed by atoms with van der Waals surface area (Å²) < 4.78 is 24.8. The highest BCUT2D eigenvalue weighted by Crippen LogP contribution is 2.19. The number of amides is 1. The molecule has 0 heterocycles. The van der Waals surface area contributed by atoms with Crippen LogP contribution in [0, 0.1) is 19.7 Å². The molecule has 0 saturated carbocycles. The first kappa shape index (κ1) is 18.8.